The molecule has 26 heavy (non-hydrogen) atoms. The Balaban J connectivity index is 2.41. The van der Waals surface area contributed by atoms with Crippen molar-refractivity contribution >= 4 is 23.1 Å². The maximum Gasteiger partial charge on any atom is 0.168 e. The zero-order valence-corrected chi connectivity index (χ0v) is 16.9. The quantitative estimate of drug-likeness (QED) is 0.551. The molecule has 1 aromatic heterocycles. The summed E-state index contributed by atoms with van der Waals surface area (Å²) < 4.78 is 0. The molecule has 0 spiro atoms. The molecule has 6 heteroatoms. The van der Waals surface area contributed by atoms with Crippen molar-refractivity contribution in [1.29, 1.82) is 0 Å². The number of carbonyl (C=O) groups excluding carboxylic acids is 1. The molecule has 1 atom stereocenters. The average molecular weight is 379 g/mol. The zero-order chi connectivity index (χ0) is 19.4. The Morgan fingerprint density at radius 1 is 1.27 bits per heavy atom. The molecule has 0 aliphatic heterocycles. The first-order valence-corrected chi connectivity index (χ1v) is 9.47. The molecule has 1 aliphatic carbocycles. The van der Waals surface area contributed by atoms with E-state index in [1.165, 1.54) is 0 Å². The molecule has 0 saturated carbocycles. The van der Waals surface area contributed by atoms with E-state index in [1.807, 2.05) is 34.6 Å². The van der Waals surface area contributed by atoms with Crippen molar-refractivity contribution in [3.8, 4) is 0 Å². The molecule has 2 rings (SSSR count). The number of aryl methyl sites for hydroxylation is 1. The summed E-state index contributed by atoms with van der Waals surface area (Å²) in [4.78, 5) is 22.5. The highest BCUT2D eigenvalue weighted by molar-refractivity contribution is 6.32. The van der Waals surface area contributed by atoms with Gasteiger partial charge in [-0.05, 0) is 45.2 Å². The smallest absolute Gasteiger partial charge is 0.168 e. The third-order valence-electron chi connectivity index (χ3n) is 4.85. The Kier molecular flexibility index (Phi) is 6.81. The van der Waals surface area contributed by atoms with Crippen molar-refractivity contribution in [1.82, 2.24) is 4.98 Å². The Bertz CT molecular complexity index is 769. The number of ketones is 1. The summed E-state index contributed by atoms with van der Waals surface area (Å²) in [6, 6.07) is 0. The van der Waals surface area contributed by atoms with Crippen LogP contribution in [0.15, 0.2) is 16.5 Å². The van der Waals surface area contributed by atoms with Crippen molar-refractivity contribution in [2.45, 2.75) is 66.2 Å². The summed E-state index contributed by atoms with van der Waals surface area (Å²) in [5.74, 6) is -0.321. The normalized spacial score (nSPS) is 18.5. The van der Waals surface area contributed by atoms with Crippen LogP contribution in [0.5, 0.6) is 0 Å². The van der Waals surface area contributed by atoms with Gasteiger partial charge in [-0.1, -0.05) is 30.1 Å². The molecule has 142 valence electrons. The number of pyridine rings is 1. The van der Waals surface area contributed by atoms with Gasteiger partial charge in [0.05, 0.1) is 22.0 Å². The predicted molar refractivity (Wildman–Crippen MR) is 104 cm³/mol. The number of rotatable bonds is 6. The summed E-state index contributed by atoms with van der Waals surface area (Å²) in [5, 5.41) is 15.2. The maximum atomic E-state index is 12.8. The number of carbonyl (C=O) groups is 1. The van der Waals surface area contributed by atoms with E-state index in [4.69, 9.17) is 16.4 Å². The molecule has 0 aromatic carbocycles. The van der Waals surface area contributed by atoms with Crippen LogP contribution >= 0.6 is 11.6 Å². The van der Waals surface area contributed by atoms with Crippen molar-refractivity contribution in [3.63, 3.8) is 0 Å². The number of oxime groups is 1. The Morgan fingerprint density at radius 3 is 2.54 bits per heavy atom. The monoisotopic (exact) mass is 378 g/mol. The molecule has 5 nitrogen and oxygen atoms in total. The Morgan fingerprint density at radius 2 is 1.96 bits per heavy atom. The van der Waals surface area contributed by atoms with Gasteiger partial charge in [-0.2, -0.15) is 0 Å². The number of aromatic nitrogens is 1. The first kappa shape index (κ1) is 20.4. The molecule has 1 aliphatic rings. The zero-order valence-electron chi connectivity index (χ0n) is 16.1. The largest absolute Gasteiger partial charge is 0.511 e. The number of aliphatic hydroxyl groups excluding tert-OH is 1. The minimum atomic E-state index is -0.230. The second kappa shape index (κ2) is 8.67. The second-order valence-electron chi connectivity index (χ2n) is 6.70. The van der Waals surface area contributed by atoms with E-state index in [1.54, 1.807) is 0 Å². The number of nitrogens with zero attached hydrogens (tertiary/aromatic N) is 2. The van der Waals surface area contributed by atoms with Gasteiger partial charge in [-0.3, -0.25) is 9.78 Å². The van der Waals surface area contributed by atoms with Gasteiger partial charge in [0.2, 0.25) is 0 Å². The van der Waals surface area contributed by atoms with Gasteiger partial charge >= 0.3 is 0 Å². The van der Waals surface area contributed by atoms with Gasteiger partial charge in [-0.25, -0.2) is 0 Å². The van der Waals surface area contributed by atoms with Crippen molar-refractivity contribution in [3.05, 3.63) is 38.9 Å². The molecule has 0 bridgehead atoms. The van der Waals surface area contributed by atoms with Crippen LogP contribution in [0.3, 0.4) is 0 Å². The lowest BCUT2D eigenvalue weighted by Crippen LogP contribution is -2.25. The molecule has 1 N–H and O–H groups in total. The van der Waals surface area contributed by atoms with Gasteiger partial charge in [0, 0.05) is 24.5 Å². The fourth-order valence-electron chi connectivity index (χ4n) is 3.22. The lowest BCUT2D eigenvalue weighted by molar-refractivity contribution is -0.116. The summed E-state index contributed by atoms with van der Waals surface area (Å²) in [5.41, 5.74) is 4.42. The highest BCUT2D eigenvalue weighted by atomic mass is 35.5. The summed E-state index contributed by atoms with van der Waals surface area (Å²) >= 11 is 6.50. The molecule has 1 unspecified atom stereocenters. The lowest BCUT2D eigenvalue weighted by Gasteiger charge is -2.25. The van der Waals surface area contributed by atoms with Crippen LogP contribution in [0.1, 0.15) is 68.0 Å². The van der Waals surface area contributed by atoms with Crippen molar-refractivity contribution in [2.75, 3.05) is 6.61 Å². The number of hydrogen-bond donors (Lipinski definition) is 1. The van der Waals surface area contributed by atoms with Crippen LogP contribution < -0.4 is 0 Å². The van der Waals surface area contributed by atoms with E-state index in [0.29, 0.717) is 41.4 Å². The van der Waals surface area contributed by atoms with E-state index < -0.39 is 0 Å². The Labute approximate surface area is 160 Å². The Hall–Kier alpha value is -1.88. The first-order chi connectivity index (χ1) is 12.3. The van der Waals surface area contributed by atoms with Crippen LogP contribution in [-0.4, -0.2) is 28.2 Å². The SMILES string of the molecule is CCC/C(=N\OCC)C1=C(O)CC(c2nc(C)c(C)c(C)c2Cl)CC1=O. The molecule has 0 saturated heterocycles. The summed E-state index contributed by atoms with van der Waals surface area (Å²) in [7, 11) is 0. The lowest BCUT2D eigenvalue weighted by atomic mass is 9.82. The molecular weight excluding hydrogens is 352 g/mol. The standard InChI is InChI=1S/C20H27ClN2O3/c1-6-8-15(23-26-7-2)18-16(24)9-14(10-17(18)25)20-19(21)12(4)11(3)13(5)22-20/h14,24H,6-10H2,1-5H3/b23-15+. The number of Topliss-reactive ketones (excluding diaryl/α,β-unsaturated/α-hetero) is 1. The first-order valence-electron chi connectivity index (χ1n) is 9.09. The van der Waals surface area contributed by atoms with Crippen LogP contribution in [-0.2, 0) is 9.63 Å². The van der Waals surface area contributed by atoms with Gasteiger partial charge in [0.1, 0.15) is 12.4 Å². The van der Waals surface area contributed by atoms with Gasteiger partial charge in [0.15, 0.2) is 5.78 Å². The van der Waals surface area contributed by atoms with Gasteiger partial charge < -0.3 is 9.94 Å². The number of hydrogen-bond acceptors (Lipinski definition) is 5. The van der Waals surface area contributed by atoms with Gasteiger partial charge in [0.25, 0.3) is 0 Å². The number of allylic oxidation sites excluding steroid dienone is 2. The fraction of sp³-hybridized carbons (Fsp3) is 0.550. The minimum Gasteiger partial charge on any atom is -0.511 e. The van der Waals surface area contributed by atoms with Crippen molar-refractivity contribution in [2.24, 2.45) is 5.16 Å². The third-order valence-corrected chi connectivity index (χ3v) is 5.33. The molecule has 1 heterocycles. The highest BCUT2D eigenvalue weighted by Crippen LogP contribution is 2.38. The van der Waals surface area contributed by atoms with E-state index in [-0.39, 0.29) is 23.9 Å². The van der Waals surface area contributed by atoms with E-state index in [0.717, 1.165) is 23.2 Å². The average Bonchev–Trinajstić information content (AvgIpc) is 2.60. The third kappa shape index (κ3) is 4.09. The summed E-state index contributed by atoms with van der Waals surface area (Å²) in [6.07, 6.45) is 1.97. The van der Waals surface area contributed by atoms with Crippen LogP contribution in [0.2, 0.25) is 5.02 Å². The van der Waals surface area contributed by atoms with Gasteiger partial charge in [-0.15, -0.1) is 0 Å². The highest BCUT2D eigenvalue weighted by Gasteiger charge is 2.33. The summed E-state index contributed by atoms with van der Waals surface area (Å²) in [6.45, 7) is 10.1. The molecule has 0 fully saturated rings. The molecule has 1 aromatic rings. The van der Waals surface area contributed by atoms with E-state index >= 15 is 0 Å². The second-order valence-corrected chi connectivity index (χ2v) is 7.08. The molecular formula is C20H27ClN2O3. The van der Waals surface area contributed by atoms with Crippen LogP contribution in [0.4, 0.5) is 0 Å². The minimum absolute atomic E-state index is 0.0481. The fourth-order valence-corrected chi connectivity index (χ4v) is 3.56. The number of halogens is 1. The topological polar surface area (TPSA) is 71.8 Å². The molecule has 0 amide bonds. The van der Waals surface area contributed by atoms with Crippen molar-refractivity contribution < 1.29 is 14.7 Å². The van der Waals surface area contributed by atoms with E-state index in [2.05, 4.69) is 10.1 Å². The maximum absolute atomic E-state index is 12.8. The molecule has 0 radical (unpaired) electrons. The number of aliphatic hydroxyl groups is 1. The van der Waals surface area contributed by atoms with E-state index in [9.17, 15) is 9.90 Å². The van der Waals surface area contributed by atoms with Crippen LogP contribution in [0, 0.1) is 20.8 Å². The predicted octanol–water partition coefficient (Wildman–Crippen LogP) is 5.11. The van der Waals surface area contributed by atoms with Crippen LogP contribution in [0.25, 0.3) is 0 Å².